The molecule has 0 saturated heterocycles. The van der Waals surface area contributed by atoms with Crippen molar-refractivity contribution in [3.8, 4) is 5.88 Å². The number of nitrogens with two attached hydrogens (primary N) is 1. The molecule has 2 rings (SSSR count). The lowest BCUT2D eigenvalue weighted by Gasteiger charge is -2.34. The third kappa shape index (κ3) is 2.04. The first-order chi connectivity index (χ1) is 6.78. The molecule has 2 N–H and O–H groups in total. The number of rotatable bonds is 3. The molecule has 0 unspecified atom stereocenters. The van der Waals surface area contributed by atoms with Gasteiger partial charge in [-0.05, 0) is 38.3 Å². The molecule has 1 saturated carbocycles. The maximum Gasteiger partial charge on any atom is 0.213 e. The topological polar surface area (TPSA) is 48.1 Å². The molecule has 0 atom stereocenters. The molecule has 0 bridgehead atoms. The maximum atomic E-state index is 5.70. The third-order valence-corrected chi connectivity index (χ3v) is 2.68. The Morgan fingerprint density at radius 3 is 2.93 bits per heavy atom. The highest BCUT2D eigenvalue weighted by Crippen LogP contribution is 2.29. The molecule has 0 aromatic carbocycles. The van der Waals surface area contributed by atoms with E-state index in [0.29, 0.717) is 12.0 Å². The molecule has 1 aromatic rings. The van der Waals surface area contributed by atoms with E-state index >= 15 is 0 Å². The number of aryl methyl sites for hydroxylation is 1. The van der Waals surface area contributed by atoms with Gasteiger partial charge in [-0.25, -0.2) is 4.98 Å². The highest BCUT2D eigenvalue weighted by molar-refractivity contribution is 5.15. The van der Waals surface area contributed by atoms with Gasteiger partial charge in [-0.15, -0.1) is 0 Å². The van der Waals surface area contributed by atoms with Crippen LogP contribution in [-0.4, -0.2) is 17.6 Å². The van der Waals surface area contributed by atoms with Crippen LogP contribution >= 0.6 is 0 Å². The van der Waals surface area contributed by atoms with E-state index in [1.165, 1.54) is 0 Å². The Kier molecular flexibility index (Phi) is 2.68. The Morgan fingerprint density at radius 1 is 1.50 bits per heavy atom. The fourth-order valence-corrected chi connectivity index (χ4v) is 1.72. The van der Waals surface area contributed by atoms with E-state index in [4.69, 9.17) is 10.5 Å². The minimum absolute atomic E-state index is 0.331. The van der Waals surface area contributed by atoms with Crippen LogP contribution in [0.3, 0.4) is 0 Å². The predicted octanol–water partition coefficient (Wildman–Crippen LogP) is 1.51. The second-order valence-corrected chi connectivity index (χ2v) is 3.93. The lowest BCUT2D eigenvalue weighted by molar-refractivity contribution is 0.0648. The molecule has 0 spiro atoms. The second-order valence-electron chi connectivity index (χ2n) is 3.93. The molecule has 1 aliphatic carbocycles. The monoisotopic (exact) mass is 192 g/mol. The first-order valence-corrected chi connectivity index (χ1v) is 5.08. The Bertz CT molecular complexity index is 308. The molecule has 1 fully saturated rings. The van der Waals surface area contributed by atoms with Gasteiger partial charge in [0.1, 0.15) is 6.10 Å². The Balaban J connectivity index is 1.87. The Morgan fingerprint density at radius 2 is 2.29 bits per heavy atom. The van der Waals surface area contributed by atoms with Crippen LogP contribution in [0.25, 0.3) is 0 Å². The molecule has 0 radical (unpaired) electrons. The van der Waals surface area contributed by atoms with Gasteiger partial charge in [0.15, 0.2) is 0 Å². The SMILES string of the molecule is Cc1cccc(OC2CC(CN)C2)n1. The molecule has 1 aromatic heterocycles. The van der Waals surface area contributed by atoms with Gasteiger partial charge in [-0.3, -0.25) is 0 Å². The van der Waals surface area contributed by atoms with E-state index in [-0.39, 0.29) is 0 Å². The molecular formula is C11H16N2O. The summed E-state index contributed by atoms with van der Waals surface area (Å²) >= 11 is 0. The molecule has 1 heterocycles. The number of ether oxygens (including phenoxy) is 1. The van der Waals surface area contributed by atoms with Crippen molar-refractivity contribution >= 4 is 0 Å². The highest BCUT2D eigenvalue weighted by Gasteiger charge is 2.29. The van der Waals surface area contributed by atoms with Gasteiger partial charge in [0.2, 0.25) is 5.88 Å². The van der Waals surface area contributed by atoms with Gasteiger partial charge < -0.3 is 10.5 Å². The maximum absolute atomic E-state index is 5.70. The van der Waals surface area contributed by atoms with Crippen molar-refractivity contribution in [1.82, 2.24) is 4.98 Å². The molecule has 0 amide bonds. The third-order valence-electron chi connectivity index (χ3n) is 2.68. The van der Waals surface area contributed by atoms with E-state index in [1.54, 1.807) is 0 Å². The summed E-state index contributed by atoms with van der Waals surface area (Å²) in [6, 6.07) is 5.84. The Hall–Kier alpha value is -1.09. The lowest BCUT2D eigenvalue weighted by atomic mass is 9.82. The largest absolute Gasteiger partial charge is 0.474 e. The second kappa shape index (κ2) is 3.96. The van der Waals surface area contributed by atoms with Crippen molar-refractivity contribution in [1.29, 1.82) is 0 Å². The average molecular weight is 192 g/mol. The summed E-state index contributed by atoms with van der Waals surface area (Å²) < 4.78 is 5.70. The number of nitrogens with zero attached hydrogens (tertiary/aromatic N) is 1. The van der Waals surface area contributed by atoms with Crippen molar-refractivity contribution in [2.24, 2.45) is 11.7 Å². The zero-order valence-electron chi connectivity index (χ0n) is 8.44. The summed E-state index contributed by atoms with van der Waals surface area (Å²) in [5.41, 5.74) is 6.54. The van der Waals surface area contributed by atoms with Crippen molar-refractivity contribution in [2.45, 2.75) is 25.9 Å². The van der Waals surface area contributed by atoms with Crippen molar-refractivity contribution < 1.29 is 4.74 Å². The molecule has 76 valence electrons. The first kappa shape index (κ1) is 9.46. The number of pyridine rings is 1. The van der Waals surface area contributed by atoms with Gasteiger partial charge in [0, 0.05) is 11.8 Å². The summed E-state index contributed by atoms with van der Waals surface area (Å²) in [6.45, 7) is 2.75. The minimum atomic E-state index is 0.331. The average Bonchev–Trinajstić information content (AvgIpc) is 2.10. The smallest absolute Gasteiger partial charge is 0.213 e. The van der Waals surface area contributed by atoms with Crippen LogP contribution in [0.1, 0.15) is 18.5 Å². The zero-order valence-corrected chi connectivity index (χ0v) is 8.44. The molecule has 14 heavy (non-hydrogen) atoms. The summed E-state index contributed by atoms with van der Waals surface area (Å²) in [7, 11) is 0. The van der Waals surface area contributed by atoms with Crippen LogP contribution in [0.4, 0.5) is 0 Å². The van der Waals surface area contributed by atoms with Gasteiger partial charge in [0.05, 0.1) is 0 Å². The summed E-state index contributed by atoms with van der Waals surface area (Å²) in [4.78, 5) is 4.29. The highest BCUT2D eigenvalue weighted by atomic mass is 16.5. The minimum Gasteiger partial charge on any atom is -0.474 e. The van der Waals surface area contributed by atoms with E-state index in [1.807, 2.05) is 25.1 Å². The fraction of sp³-hybridized carbons (Fsp3) is 0.545. The van der Waals surface area contributed by atoms with Crippen molar-refractivity contribution in [3.05, 3.63) is 23.9 Å². The first-order valence-electron chi connectivity index (χ1n) is 5.08. The van der Waals surface area contributed by atoms with Crippen LogP contribution < -0.4 is 10.5 Å². The number of hydrogen-bond donors (Lipinski definition) is 1. The van der Waals surface area contributed by atoms with Crippen LogP contribution in [0, 0.1) is 12.8 Å². The van der Waals surface area contributed by atoms with Crippen molar-refractivity contribution in [3.63, 3.8) is 0 Å². The van der Waals surface area contributed by atoms with Gasteiger partial charge in [-0.1, -0.05) is 6.07 Å². The molecular weight excluding hydrogens is 176 g/mol. The van der Waals surface area contributed by atoms with E-state index < -0.39 is 0 Å². The Labute approximate surface area is 84.3 Å². The van der Waals surface area contributed by atoms with Crippen LogP contribution in [-0.2, 0) is 0 Å². The number of aromatic nitrogens is 1. The number of hydrogen-bond acceptors (Lipinski definition) is 3. The summed E-state index contributed by atoms with van der Waals surface area (Å²) in [5, 5.41) is 0. The lowest BCUT2D eigenvalue weighted by Crippen LogP contribution is -2.37. The normalized spacial score (nSPS) is 25.6. The summed E-state index contributed by atoms with van der Waals surface area (Å²) in [5.74, 6) is 1.40. The molecule has 1 aliphatic rings. The summed E-state index contributed by atoms with van der Waals surface area (Å²) in [6.07, 6.45) is 2.48. The van der Waals surface area contributed by atoms with Gasteiger partial charge in [-0.2, -0.15) is 0 Å². The molecule has 0 aliphatic heterocycles. The van der Waals surface area contributed by atoms with E-state index in [2.05, 4.69) is 4.98 Å². The predicted molar refractivity (Wildman–Crippen MR) is 55.2 cm³/mol. The standard InChI is InChI=1S/C11H16N2O/c1-8-3-2-4-11(13-8)14-10-5-9(6-10)7-12/h2-4,9-10H,5-7,12H2,1H3. The van der Waals surface area contributed by atoms with E-state index in [9.17, 15) is 0 Å². The quantitative estimate of drug-likeness (QED) is 0.789. The fourth-order valence-electron chi connectivity index (χ4n) is 1.72. The van der Waals surface area contributed by atoms with Crippen molar-refractivity contribution in [2.75, 3.05) is 6.54 Å². The van der Waals surface area contributed by atoms with Crippen LogP contribution in [0.2, 0.25) is 0 Å². The van der Waals surface area contributed by atoms with Gasteiger partial charge >= 0.3 is 0 Å². The zero-order chi connectivity index (χ0) is 9.97. The van der Waals surface area contributed by atoms with Crippen LogP contribution in [0.15, 0.2) is 18.2 Å². The van der Waals surface area contributed by atoms with Gasteiger partial charge in [0.25, 0.3) is 0 Å². The molecule has 3 heteroatoms. The van der Waals surface area contributed by atoms with E-state index in [0.717, 1.165) is 31.0 Å². The van der Waals surface area contributed by atoms with Crippen LogP contribution in [0.5, 0.6) is 5.88 Å². The molecule has 3 nitrogen and oxygen atoms in total.